The zero-order valence-electron chi connectivity index (χ0n) is 11.0. The van der Waals surface area contributed by atoms with Crippen molar-refractivity contribution in [2.75, 3.05) is 0 Å². The molecule has 1 aromatic carbocycles. The Bertz CT molecular complexity index is 567. The number of aryl methyl sites for hydroxylation is 4. The van der Waals surface area contributed by atoms with Crippen molar-refractivity contribution in [2.24, 2.45) is 0 Å². The van der Waals surface area contributed by atoms with E-state index in [4.69, 9.17) is 0 Å². The fraction of sp³-hybridized carbons (Fsp3) is 0.333. The van der Waals surface area contributed by atoms with Gasteiger partial charge in [-0.15, -0.1) is 11.3 Å². The molecule has 0 aliphatic rings. The molecule has 0 radical (unpaired) electrons. The van der Waals surface area contributed by atoms with Gasteiger partial charge in [0.05, 0.1) is 0 Å². The molecule has 1 aromatic heterocycles. The van der Waals surface area contributed by atoms with Crippen LogP contribution in [0.2, 0.25) is 0 Å². The third kappa shape index (κ3) is 2.53. The molecule has 18 heavy (non-hydrogen) atoms. The molecule has 0 fully saturated rings. The smallest absolute Gasteiger partial charge is 0.113 e. The molecule has 0 amide bonds. The van der Waals surface area contributed by atoms with Crippen LogP contribution in [0.4, 0.5) is 0 Å². The number of halogens is 1. The van der Waals surface area contributed by atoms with Crippen LogP contribution in [0.25, 0.3) is 0 Å². The van der Waals surface area contributed by atoms with Crippen LogP contribution in [0, 0.1) is 27.7 Å². The summed E-state index contributed by atoms with van der Waals surface area (Å²) < 4.78 is 1.09. The SMILES string of the molecule is Cc1cc(C(O)c2cc(C)c(C)s2)c(C)cc1Br. The summed E-state index contributed by atoms with van der Waals surface area (Å²) in [7, 11) is 0. The number of aliphatic hydroxyl groups excluding tert-OH is 1. The van der Waals surface area contributed by atoms with E-state index in [1.54, 1.807) is 11.3 Å². The van der Waals surface area contributed by atoms with Crippen LogP contribution < -0.4 is 0 Å². The summed E-state index contributed by atoms with van der Waals surface area (Å²) in [5, 5.41) is 10.5. The molecule has 0 aliphatic carbocycles. The van der Waals surface area contributed by atoms with Crippen LogP contribution in [-0.4, -0.2) is 5.11 Å². The van der Waals surface area contributed by atoms with Crippen LogP contribution in [0.3, 0.4) is 0 Å². The van der Waals surface area contributed by atoms with Crippen molar-refractivity contribution in [2.45, 2.75) is 33.8 Å². The Hall–Kier alpha value is -0.640. The first kappa shape index (κ1) is 13.8. The monoisotopic (exact) mass is 324 g/mol. The lowest BCUT2D eigenvalue weighted by Gasteiger charge is -2.14. The average molecular weight is 325 g/mol. The lowest BCUT2D eigenvalue weighted by atomic mass is 9.99. The molecule has 0 spiro atoms. The second kappa shape index (κ2) is 5.16. The van der Waals surface area contributed by atoms with Gasteiger partial charge in [-0.3, -0.25) is 0 Å². The maximum absolute atomic E-state index is 10.5. The minimum atomic E-state index is -0.519. The van der Waals surface area contributed by atoms with E-state index < -0.39 is 6.10 Å². The summed E-state index contributed by atoms with van der Waals surface area (Å²) in [6, 6.07) is 6.22. The number of hydrogen-bond donors (Lipinski definition) is 1. The number of rotatable bonds is 2. The highest BCUT2D eigenvalue weighted by Gasteiger charge is 2.17. The van der Waals surface area contributed by atoms with E-state index in [9.17, 15) is 5.11 Å². The molecule has 2 aromatic rings. The highest BCUT2D eigenvalue weighted by Crippen LogP contribution is 2.33. The predicted molar refractivity (Wildman–Crippen MR) is 81.5 cm³/mol. The Balaban J connectivity index is 2.45. The molecular formula is C15H17BrOS. The molecule has 1 atom stereocenters. The van der Waals surface area contributed by atoms with Gasteiger partial charge in [-0.1, -0.05) is 22.0 Å². The van der Waals surface area contributed by atoms with E-state index >= 15 is 0 Å². The van der Waals surface area contributed by atoms with E-state index in [1.807, 2.05) is 13.8 Å². The van der Waals surface area contributed by atoms with Crippen LogP contribution >= 0.6 is 27.3 Å². The molecule has 2 rings (SSSR count). The van der Waals surface area contributed by atoms with E-state index in [0.29, 0.717) is 0 Å². The molecule has 1 N–H and O–H groups in total. The molecule has 1 unspecified atom stereocenters. The van der Waals surface area contributed by atoms with Gasteiger partial charge in [-0.2, -0.15) is 0 Å². The van der Waals surface area contributed by atoms with Gasteiger partial charge < -0.3 is 5.11 Å². The van der Waals surface area contributed by atoms with E-state index in [1.165, 1.54) is 10.4 Å². The van der Waals surface area contributed by atoms with Crippen molar-refractivity contribution in [3.63, 3.8) is 0 Å². The minimum Gasteiger partial charge on any atom is -0.383 e. The van der Waals surface area contributed by atoms with Crippen LogP contribution in [0.5, 0.6) is 0 Å². The molecule has 0 aliphatic heterocycles. The maximum atomic E-state index is 10.5. The van der Waals surface area contributed by atoms with Gasteiger partial charge in [0.2, 0.25) is 0 Å². The van der Waals surface area contributed by atoms with Crippen molar-refractivity contribution in [1.29, 1.82) is 0 Å². The standard InChI is InChI=1S/C15H17BrOS/c1-8-7-14(18-11(8)4)15(17)12-5-10(3)13(16)6-9(12)2/h5-7,15,17H,1-4H3. The fourth-order valence-electron chi connectivity index (χ4n) is 1.99. The molecule has 0 saturated heterocycles. The van der Waals surface area contributed by atoms with E-state index in [2.05, 4.69) is 48.0 Å². The highest BCUT2D eigenvalue weighted by atomic mass is 79.9. The summed E-state index contributed by atoms with van der Waals surface area (Å²) in [5.74, 6) is 0. The largest absolute Gasteiger partial charge is 0.383 e. The molecular weight excluding hydrogens is 308 g/mol. The third-order valence-electron chi connectivity index (χ3n) is 3.30. The van der Waals surface area contributed by atoms with Crippen molar-refractivity contribution in [3.8, 4) is 0 Å². The highest BCUT2D eigenvalue weighted by molar-refractivity contribution is 9.10. The minimum absolute atomic E-state index is 0.519. The Morgan fingerprint density at radius 2 is 1.67 bits per heavy atom. The number of aliphatic hydroxyl groups is 1. The first-order valence-electron chi connectivity index (χ1n) is 5.91. The number of benzene rings is 1. The first-order chi connectivity index (χ1) is 8.40. The van der Waals surface area contributed by atoms with Crippen LogP contribution in [-0.2, 0) is 0 Å². The molecule has 1 nitrogen and oxygen atoms in total. The van der Waals surface area contributed by atoms with Crippen molar-refractivity contribution in [3.05, 3.63) is 54.7 Å². The van der Waals surface area contributed by atoms with Crippen molar-refractivity contribution < 1.29 is 5.11 Å². The summed E-state index contributed by atoms with van der Waals surface area (Å²) in [6.07, 6.45) is -0.519. The van der Waals surface area contributed by atoms with E-state index in [-0.39, 0.29) is 0 Å². The normalized spacial score (nSPS) is 12.8. The number of thiophene rings is 1. The van der Waals surface area contributed by atoms with Gasteiger partial charge in [0.25, 0.3) is 0 Å². The van der Waals surface area contributed by atoms with Crippen molar-refractivity contribution in [1.82, 2.24) is 0 Å². The fourth-order valence-corrected chi connectivity index (χ4v) is 3.49. The number of hydrogen-bond acceptors (Lipinski definition) is 2. The molecule has 0 bridgehead atoms. The lowest BCUT2D eigenvalue weighted by Crippen LogP contribution is -2.01. The van der Waals surface area contributed by atoms with Gasteiger partial charge >= 0.3 is 0 Å². The van der Waals surface area contributed by atoms with Gasteiger partial charge in [0.1, 0.15) is 6.10 Å². The van der Waals surface area contributed by atoms with Crippen LogP contribution in [0.1, 0.15) is 38.1 Å². The van der Waals surface area contributed by atoms with Crippen molar-refractivity contribution >= 4 is 27.3 Å². The summed E-state index contributed by atoms with van der Waals surface area (Å²) >= 11 is 5.20. The quantitative estimate of drug-likeness (QED) is 0.839. The zero-order valence-corrected chi connectivity index (χ0v) is 13.4. The first-order valence-corrected chi connectivity index (χ1v) is 7.52. The molecule has 96 valence electrons. The second-order valence-electron chi connectivity index (χ2n) is 4.75. The Labute approximate surface area is 121 Å². The van der Waals surface area contributed by atoms with Gasteiger partial charge in [-0.05, 0) is 62.1 Å². The Kier molecular flexibility index (Phi) is 3.95. The maximum Gasteiger partial charge on any atom is 0.113 e. The van der Waals surface area contributed by atoms with Gasteiger partial charge in [-0.25, -0.2) is 0 Å². The topological polar surface area (TPSA) is 20.2 Å². The van der Waals surface area contributed by atoms with E-state index in [0.717, 1.165) is 26.0 Å². The Morgan fingerprint density at radius 1 is 1.00 bits per heavy atom. The molecule has 0 saturated carbocycles. The van der Waals surface area contributed by atoms with Crippen LogP contribution in [0.15, 0.2) is 22.7 Å². The third-order valence-corrected chi connectivity index (χ3v) is 5.36. The average Bonchev–Trinajstić information content (AvgIpc) is 2.63. The molecule has 3 heteroatoms. The van der Waals surface area contributed by atoms with Gasteiger partial charge in [0.15, 0.2) is 0 Å². The second-order valence-corrected chi connectivity index (χ2v) is 6.89. The predicted octanol–water partition coefficient (Wildman–Crippen LogP) is 4.83. The van der Waals surface area contributed by atoms with Gasteiger partial charge in [0, 0.05) is 14.2 Å². The lowest BCUT2D eigenvalue weighted by molar-refractivity contribution is 0.223. The Morgan fingerprint density at radius 3 is 2.22 bits per heavy atom. The molecule has 1 heterocycles. The summed E-state index contributed by atoms with van der Waals surface area (Å²) in [6.45, 7) is 8.26. The zero-order chi connectivity index (χ0) is 13.4. The summed E-state index contributed by atoms with van der Waals surface area (Å²) in [5.41, 5.74) is 4.51. The summed E-state index contributed by atoms with van der Waals surface area (Å²) in [4.78, 5) is 2.30.